The number of aryl methyl sites for hydroxylation is 2. The van der Waals surface area contributed by atoms with Crippen molar-refractivity contribution in [1.29, 1.82) is 0 Å². The molecule has 0 saturated heterocycles. The fourth-order valence-corrected chi connectivity index (χ4v) is 2.01. The molecular weight excluding hydrogens is 250 g/mol. The average molecular weight is 271 g/mol. The van der Waals surface area contributed by atoms with Crippen LogP contribution in [0.5, 0.6) is 0 Å². The summed E-state index contributed by atoms with van der Waals surface area (Å²) in [6, 6.07) is 12.4. The lowest BCUT2D eigenvalue weighted by atomic mass is 10.1. The van der Waals surface area contributed by atoms with E-state index in [1.54, 1.807) is 0 Å². The van der Waals surface area contributed by atoms with Crippen molar-refractivity contribution < 1.29 is 4.74 Å². The minimum absolute atomic E-state index is 0.463. The van der Waals surface area contributed by atoms with Crippen LogP contribution in [0, 0.1) is 6.92 Å². The van der Waals surface area contributed by atoms with Crippen LogP contribution < -0.4 is 5.32 Å². The van der Waals surface area contributed by atoms with E-state index in [1.165, 1.54) is 5.56 Å². The summed E-state index contributed by atoms with van der Waals surface area (Å²) in [5.41, 5.74) is 2.30. The van der Waals surface area contributed by atoms with E-state index in [2.05, 4.69) is 39.6 Å². The van der Waals surface area contributed by atoms with Crippen molar-refractivity contribution in [3.63, 3.8) is 0 Å². The Morgan fingerprint density at radius 3 is 2.70 bits per heavy atom. The first-order valence-corrected chi connectivity index (χ1v) is 6.92. The van der Waals surface area contributed by atoms with Crippen LogP contribution in [0.15, 0.2) is 36.4 Å². The van der Waals surface area contributed by atoms with E-state index in [9.17, 15) is 0 Å². The van der Waals surface area contributed by atoms with Crippen molar-refractivity contribution in [1.82, 2.24) is 9.97 Å². The molecule has 0 aliphatic carbocycles. The fraction of sp³-hybridized carbons (Fsp3) is 0.375. The van der Waals surface area contributed by atoms with E-state index in [0.717, 1.165) is 36.8 Å². The Morgan fingerprint density at radius 2 is 1.95 bits per heavy atom. The number of anilines is 1. The third-order valence-electron chi connectivity index (χ3n) is 2.98. The number of hydrogen-bond donors (Lipinski definition) is 1. The van der Waals surface area contributed by atoms with Gasteiger partial charge in [0.05, 0.1) is 0 Å². The Labute approximate surface area is 120 Å². The monoisotopic (exact) mass is 271 g/mol. The summed E-state index contributed by atoms with van der Waals surface area (Å²) in [5.74, 6) is 1.56. The van der Waals surface area contributed by atoms with Crippen molar-refractivity contribution >= 4 is 5.82 Å². The standard InChI is InChI=1S/C16H21N3O/c1-13-11-15(17-2)19-16(18-13)12-20-10-6-9-14-7-4-3-5-8-14/h3-5,7-8,11H,6,9-10,12H2,1-2H3,(H,17,18,19). The molecule has 0 unspecified atom stereocenters. The normalized spacial score (nSPS) is 10.5. The quantitative estimate of drug-likeness (QED) is 0.786. The van der Waals surface area contributed by atoms with E-state index in [0.29, 0.717) is 6.61 Å². The van der Waals surface area contributed by atoms with E-state index >= 15 is 0 Å². The van der Waals surface area contributed by atoms with Crippen molar-refractivity contribution in [2.75, 3.05) is 19.0 Å². The van der Waals surface area contributed by atoms with Gasteiger partial charge in [-0.2, -0.15) is 0 Å². The topological polar surface area (TPSA) is 47.0 Å². The molecule has 0 fully saturated rings. The van der Waals surface area contributed by atoms with Gasteiger partial charge in [-0.25, -0.2) is 9.97 Å². The second-order valence-electron chi connectivity index (χ2n) is 4.70. The van der Waals surface area contributed by atoms with Gasteiger partial charge in [-0.1, -0.05) is 30.3 Å². The van der Waals surface area contributed by atoms with Gasteiger partial charge in [-0.3, -0.25) is 0 Å². The first-order chi connectivity index (χ1) is 9.78. The van der Waals surface area contributed by atoms with Crippen LogP contribution >= 0.6 is 0 Å². The highest BCUT2D eigenvalue weighted by Crippen LogP contribution is 2.07. The minimum Gasteiger partial charge on any atom is -0.373 e. The Bertz CT molecular complexity index is 529. The van der Waals surface area contributed by atoms with Gasteiger partial charge < -0.3 is 10.1 Å². The van der Waals surface area contributed by atoms with Gasteiger partial charge in [0.15, 0.2) is 5.82 Å². The molecule has 1 aromatic heterocycles. The van der Waals surface area contributed by atoms with Gasteiger partial charge in [0.1, 0.15) is 12.4 Å². The molecule has 0 bridgehead atoms. The molecule has 0 spiro atoms. The van der Waals surface area contributed by atoms with Crippen molar-refractivity contribution in [3.05, 3.63) is 53.5 Å². The molecular formula is C16H21N3O. The third-order valence-corrected chi connectivity index (χ3v) is 2.98. The Kier molecular flexibility index (Phi) is 5.50. The van der Waals surface area contributed by atoms with Crippen molar-refractivity contribution in [2.45, 2.75) is 26.4 Å². The van der Waals surface area contributed by atoms with Crippen LogP contribution in [0.1, 0.15) is 23.5 Å². The fourth-order valence-electron chi connectivity index (χ4n) is 2.01. The number of hydrogen-bond acceptors (Lipinski definition) is 4. The summed E-state index contributed by atoms with van der Waals surface area (Å²) < 4.78 is 5.64. The van der Waals surface area contributed by atoms with Crippen LogP contribution in [0.3, 0.4) is 0 Å². The Balaban J connectivity index is 1.72. The van der Waals surface area contributed by atoms with E-state index in [1.807, 2.05) is 26.1 Å². The van der Waals surface area contributed by atoms with Gasteiger partial charge in [-0.05, 0) is 25.3 Å². The molecule has 20 heavy (non-hydrogen) atoms. The molecule has 1 heterocycles. The molecule has 0 saturated carbocycles. The highest BCUT2D eigenvalue weighted by atomic mass is 16.5. The van der Waals surface area contributed by atoms with Gasteiger partial charge >= 0.3 is 0 Å². The lowest BCUT2D eigenvalue weighted by Crippen LogP contribution is -2.05. The molecule has 4 nitrogen and oxygen atoms in total. The summed E-state index contributed by atoms with van der Waals surface area (Å²) in [6.45, 7) is 3.15. The van der Waals surface area contributed by atoms with Gasteiger partial charge in [0.25, 0.3) is 0 Å². The minimum atomic E-state index is 0.463. The maximum atomic E-state index is 5.64. The van der Waals surface area contributed by atoms with E-state index in [4.69, 9.17) is 4.74 Å². The third kappa shape index (κ3) is 4.63. The molecule has 0 aliphatic rings. The van der Waals surface area contributed by atoms with Crippen LogP contribution in [0.25, 0.3) is 0 Å². The summed E-state index contributed by atoms with van der Waals surface area (Å²) in [6.07, 6.45) is 2.05. The number of nitrogens with zero attached hydrogens (tertiary/aromatic N) is 2. The average Bonchev–Trinajstić information content (AvgIpc) is 2.47. The highest BCUT2D eigenvalue weighted by molar-refractivity contribution is 5.34. The predicted molar refractivity (Wildman–Crippen MR) is 80.7 cm³/mol. The molecule has 106 valence electrons. The summed E-state index contributed by atoms with van der Waals surface area (Å²) in [5, 5.41) is 3.02. The maximum Gasteiger partial charge on any atom is 0.156 e. The summed E-state index contributed by atoms with van der Waals surface area (Å²) in [7, 11) is 1.85. The molecule has 2 aromatic rings. The molecule has 2 rings (SSSR count). The Morgan fingerprint density at radius 1 is 1.15 bits per heavy atom. The summed E-state index contributed by atoms with van der Waals surface area (Å²) >= 11 is 0. The molecule has 4 heteroatoms. The SMILES string of the molecule is CNc1cc(C)nc(COCCCc2ccccc2)n1. The molecule has 0 aliphatic heterocycles. The first-order valence-electron chi connectivity index (χ1n) is 6.92. The number of aromatic nitrogens is 2. The lowest BCUT2D eigenvalue weighted by Gasteiger charge is -2.06. The zero-order valence-electron chi connectivity index (χ0n) is 12.1. The number of benzene rings is 1. The molecule has 0 atom stereocenters. The van der Waals surface area contributed by atoms with Gasteiger partial charge in [0, 0.05) is 25.4 Å². The molecule has 1 N–H and O–H groups in total. The predicted octanol–water partition coefficient (Wildman–Crippen LogP) is 2.98. The second kappa shape index (κ2) is 7.60. The van der Waals surface area contributed by atoms with Crippen LogP contribution in [-0.4, -0.2) is 23.6 Å². The molecule has 0 radical (unpaired) electrons. The zero-order chi connectivity index (χ0) is 14.2. The van der Waals surface area contributed by atoms with Crippen LogP contribution in [0.2, 0.25) is 0 Å². The van der Waals surface area contributed by atoms with E-state index in [-0.39, 0.29) is 0 Å². The number of rotatable bonds is 7. The lowest BCUT2D eigenvalue weighted by molar-refractivity contribution is 0.113. The zero-order valence-corrected chi connectivity index (χ0v) is 12.1. The smallest absolute Gasteiger partial charge is 0.156 e. The summed E-state index contributed by atoms with van der Waals surface area (Å²) in [4.78, 5) is 8.72. The van der Waals surface area contributed by atoms with Crippen molar-refractivity contribution in [2.24, 2.45) is 0 Å². The van der Waals surface area contributed by atoms with E-state index < -0.39 is 0 Å². The number of nitrogens with one attached hydrogen (secondary N) is 1. The maximum absolute atomic E-state index is 5.64. The molecule has 1 aromatic carbocycles. The second-order valence-corrected chi connectivity index (χ2v) is 4.70. The van der Waals surface area contributed by atoms with Crippen LogP contribution in [0.4, 0.5) is 5.82 Å². The van der Waals surface area contributed by atoms with Gasteiger partial charge in [-0.15, -0.1) is 0 Å². The number of ether oxygens (including phenoxy) is 1. The largest absolute Gasteiger partial charge is 0.373 e. The molecule has 0 amide bonds. The first kappa shape index (κ1) is 14.5. The van der Waals surface area contributed by atoms with Gasteiger partial charge in [0.2, 0.25) is 0 Å². The van der Waals surface area contributed by atoms with Crippen molar-refractivity contribution in [3.8, 4) is 0 Å². The highest BCUT2D eigenvalue weighted by Gasteiger charge is 2.01. The Hall–Kier alpha value is -1.94. The van der Waals surface area contributed by atoms with Crippen LogP contribution in [-0.2, 0) is 17.8 Å².